The molecule has 0 spiro atoms. The predicted octanol–water partition coefficient (Wildman–Crippen LogP) is -1.22. The van der Waals surface area contributed by atoms with E-state index in [0.717, 1.165) is 4.63 Å². The number of rotatable bonds is 0. The zero-order valence-corrected chi connectivity index (χ0v) is 5.37. The molecule has 11 heavy (non-hydrogen) atoms. The Balaban J connectivity index is 2.99. The van der Waals surface area contributed by atoms with Crippen LogP contribution in [0.25, 0.3) is 5.71 Å². The molecule has 0 aromatic carbocycles. The first-order valence-corrected chi connectivity index (χ1v) is 2.81. The topological polar surface area (TPSA) is 115 Å². The van der Waals surface area contributed by atoms with Crippen LogP contribution >= 0.6 is 0 Å². The average molecular weight is 155 g/mol. The van der Waals surface area contributed by atoms with E-state index in [9.17, 15) is 4.79 Å². The molecule has 0 saturated heterocycles. The van der Waals surface area contributed by atoms with Gasteiger partial charge >= 0.3 is 5.76 Å². The van der Waals surface area contributed by atoms with Crippen LogP contribution < -0.4 is 17.2 Å². The Morgan fingerprint density at radius 1 is 1.55 bits per heavy atom. The summed E-state index contributed by atoms with van der Waals surface area (Å²) in [6, 6.07) is 0. The molecule has 0 bridgehead atoms. The summed E-state index contributed by atoms with van der Waals surface area (Å²) >= 11 is 0. The molecule has 7 nitrogen and oxygen atoms in total. The number of fused-ring (bicyclic) bond motifs is 1. The lowest BCUT2D eigenvalue weighted by atomic mass is 10.5. The second kappa shape index (κ2) is 1.57. The molecule has 2 rings (SSSR count). The van der Waals surface area contributed by atoms with Crippen LogP contribution in [0.2, 0.25) is 0 Å². The third kappa shape index (κ3) is 0.613. The molecular weight excluding hydrogens is 150 g/mol. The van der Waals surface area contributed by atoms with E-state index in [0.29, 0.717) is 0 Å². The number of hydrogen-bond acceptors (Lipinski definition) is 5. The maximum absolute atomic E-state index is 10.5. The van der Waals surface area contributed by atoms with E-state index in [1.807, 2.05) is 0 Å². The number of nitrogen functional groups attached to an aromatic ring is 2. The Labute approximate surface area is 59.6 Å². The van der Waals surface area contributed by atoms with Gasteiger partial charge in [-0.15, -0.1) is 9.73 Å². The molecule has 2 heterocycles. The number of H-pyrrole nitrogens is 1. The number of anilines is 2. The lowest BCUT2D eigenvalue weighted by Crippen LogP contribution is -2.00. The fourth-order valence-corrected chi connectivity index (χ4v) is 0.802. The van der Waals surface area contributed by atoms with Gasteiger partial charge in [-0.25, -0.2) is 9.89 Å². The van der Waals surface area contributed by atoms with Crippen LogP contribution in [0.4, 0.5) is 11.5 Å². The van der Waals surface area contributed by atoms with E-state index in [-0.39, 0.29) is 17.2 Å². The van der Waals surface area contributed by atoms with Gasteiger partial charge < -0.3 is 15.9 Å². The van der Waals surface area contributed by atoms with Crippen LogP contribution in [0.3, 0.4) is 0 Å². The van der Waals surface area contributed by atoms with E-state index in [2.05, 4.69) is 14.6 Å². The van der Waals surface area contributed by atoms with Crippen molar-refractivity contribution in [3.8, 4) is 0 Å². The van der Waals surface area contributed by atoms with Crippen molar-refractivity contribution in [1.82, 2.24) is 14.8 Å². The monoisotopic (exact) mass is 155 g/mol. The lowest BCUT2D eigenvalue weighted by Gasteiger charge is -1.80. The van der Waals surface area contributed by atoms with Crippen molar-refractivity contribution in [2.75, 3.05) is 11.5 Å². The van der Waals surface area contributed by atoms with Gasteiger partial charge in [0.25, 0.3) is 5.71 Å². The quantitative estimate of drug-likeness (QED) is 0.441. The van der Waals surface area contributed by atoms with E-state index in [1.54, 1.807) is 0 Å². The second-order valence-electron chi connectivity index (χ2n) is 2.02. The highest BCUT2D eigenvalue weighted by atomic mass is 16.4. The van der Waals surface area contributed by atoms with Crippen molar-refractivity contribution in [1.29, 1.82) is 0 Å². The molecule has 0 radical (unpaired) electrons. The minimum Gasteiger partial charge on any atom is -0.391 e. The lowest BCUT2D eigenvalue weighted by molar-refractivity contribution is 0.556. The van der Waals surface area contributed by atoms with Crippen molar-refractivity contribution >= 4 is 17.2 Å². The third-order valence-corrected chi connectivity index (χ3v) is 1.29. The van der Waals surface area contributed by atoms with Gasteiger partial charge in [-0.1, -0.05) is 0 Å². The Bertz CT molecular complexity index is 448. The van der Waals surface area contributed by atoms with Crippen LogP contribution in [0.1, 0.15) is 0 Å². The van der Waals surface area contributed by atoms with Crippen molar-refractivity contribution in [2.24, 2.45) is 0 Å². The summed E-state index contributed by atoms with van der Waals surface area (Å²) in [6.45, 7) is 0. The van der Waals surface area contributed by atoms with E-state index < -0.39 is 5.76 Å². The summed E-state index contributed by atoms with van der Waals surface area (Å²) in [4.78, 5) is 10.5. The molecule has 2 aromatic rings. The normalized spacial score (nSPS) is 10.9. The Morgan fingerprint density at radius 3 is 2.91 bits per heavy atom. The zero-order valence-electron chi connectivity index (χ0n) is 5.37. The van der Waals surface area contributed by atoms with E-state index >= 15 is 0 Å². The molecule has 0 saturated carbocycles. The SMILES string of the molecule is Nc1nn2[nH]c(=O)oc2c1N. The van der Waals surface area contributed by atoms with Crippen LogP contribution in [0.5, 0.6) is 0 Å². The van der Waals surface area contributed by atoms with Crippen LogP contribution in [0.15, 0.2) is 9.21 Å². The first kappa shape index (κ1) is 5.83. The van der Waals surface area contributed by atoms with Crippen LogP contribution in [-0.4, -0.2) is 14.8 Å². The number of hydrogen-bond donors (Lipinski definition) is 3. The van der Waals surface area contributed by atoms with Gasteiger partial charge in [0.15, 0.2) is 5.82 Å². The van der Waals surface area contributed by atoms with Gasteiger partial charge in [-0.05, 0) is 0 Å². The summed E-state index contributed by atoms with van der Waals surface area (Å²) < 4.78 is 5.69. The maximum atomic E-state index is 10.5. The van der Waals surface area contributed by atoms with Crippen molar-refractivity contribution in [2.45, 2.75) is 0 Å². The number of nitrogens with two attached hydrogens (primary N) is 2. The number of nitrogens with one attached hydrogen (secondary N) is 1. The summed E-state index contributed by atoms with van der Waals surface area (Å²) in [5, 5.41) is 5.90. The largest absolute Gasteiger partial charge is 0.434 e. The molecule has 0 atom stereocenters. The van der Waals surface area contributed by atoms with E-state index in [1.165, 1.54) is 0 Å². The molecule has 0 aliphatic carbocycles. The first-order valence-electron chi connectivity index (χ1n) is 2.81. The Morgan fingerprint density at radius 2 is 2.27 bits per heavy atom. The molecule has 2 aromatic heterocycles. The van der Waals surface area contributed by atoms with Gasteiger partial charge in [0.1, 0.15) is 5.69 Å². The molecule has 0 amide bonds. The fraction of sp³-hybridized carbons (Fsp3) is 0. The molecular formula is C4H5N5O2. The molecule has 0 fully saturated rings. The summed E-state index contributed by atoms with van der Waals surface area (Å²) in [6.07, 6.45) is 0. The number of nitrogens with zero attached hydrogens (tertiary/aromatic N) is 2. The third-order valence-electron chi connectivity index (χ3n) is 1.29. The van der Waals surface area contributed by atoms with Gasteiger partial charge in [-0.3, -0.25) is 0 Å². The van der Waals surface area contributed by atoms with Crippen molar-refractivity contribution in [3.63, 3.8) is 0 Å². The van der Waals surface area contributed by atoms with Crippen molar-refractivity contribution < 1.29 is 4.42 Å². The number of aromatic nitrogens is 3. The standard InChI is InChI=1S/C4H5N5O2/c5-1-2(6)7-9-3(1)11-4(10)8-9/h5H2,(H2,6,7)(H,8,10). The second-order valence-corrected chi connectivity index (χ2v) is 2.02. The summed E-state index contributed by atoms with van der Waals surface area (Å²) in [7, 11) is 0. The van der Waals surface area contributed by atoms with Crippen molar-refractivity contribution in [3.05, 3.63) is 10.6 Å². The van der Waals surface area contributed by atoms with Crippen LogP contribution in [-0.2, 0) is 0 Å². The van der Waals surface area contributed by atoms with Crippen LogP contribution in [0, 0.1) is 0 Å². The van der Waals surface area contributed by atoms with Gasteiger partial charge in [-0.2, -0.15) is 0 Å². The van der Waals surface area contributed by atoms with Gasteiger partial charge in [0.05, 0.1) is 0 Å². The smallest absolute Gasteiger partial charge is 0.391 e. The molecule has 7 heteroatoms. The molecule has 0 aliphatic heterocycles. The Hall–Kier alpha value is -1.92. The minimum absolute atomic E-state index is 0.139. The molecule has 0 aliphatic rings. The van der Waals surface area contributed by atoms with E-state index in [4.69, 9.17) is 11.5 Å². The number of aromatic amines is 1. The Kier molecular flexibility index (Phi) is 0.831. The highest BCUT2D eigenvalue weighted by molar-refractivity contribution is 5.73. The highest BCUT2D eigenvalue weighted by Crippen LogP contribution is 2.16. The predicted molar refractivity (Wildman–Crippen MR) is 36.9 cm³/mol. The summed E-state index contributed by atoms with van der Waals surface area (Å²) in [5.74, 6) is -0.473. The maximum Gasteiger partial charge on any atom is 0.434 e. The first-order chi connectivity index (χ1) is 5.18. The van der Waals surface area contributed by atoms with Gasteiger partial charge in [0, 0.05) is 0 Å². The van der Waals surface area contributed by atoms with Gasteiger partial charge in [0.2, 0.25) is 0 Å². The molecule has 5 N–H and O–H groups in total. The molecule has 0 unspecified atom stereocenters. The fourth-order valence-electron chi connectivity index (χ4n) is 0.802. The average Bonchev–Trinajstić information content (AvgIpc) is 2.37. The molecule has 58 valence electrons. The highest BCUT2D eigenvalue weighted by Gasteiger charge is 2.10. The minimum atomic E-state index is -0.612. The summed E-state index contributed by atoms with van der Waals surface area (Å²) in [5.41, 5.74) is 11.0. The zero-order chi connectivity index (χ0) is 8.01.